The molecular weight excluding hydrogens is 1200 g/mol. The number of rotatable bonds is 7. The number of anilines is 9. The van der Waals surface area contributed by atoms with E-state index >= 15 is 0 Å². The molecule has 0 saturated heterocycles. The first-order chi connectivity index (χ1) is 44.6. The molecule has 0 saturated carbocycles. The fourth-order valence-electron chi connectivity index (χ4n) is 15.1. The standard InChI is InChI=1S/C80H47B2N3O2S2Se/c1-6-20-52(21-7-1)83-68-47-69-66(82-64-31-17-19-33-74(64)90-80-76(82)71(84(69)53-22-8-2-9-23-53)45-62-60-41-51-39-58(89-56-28-14-5-15-29-56)37-35-49(51)43-73(60)87-79(62)80)46-65(68)81-63-30-16-18-32-67(63)85(54-24-10-3-11-25-54)77-75(81)70(83)44-61-59-40-50-38-57(88-55-26-12-4-13-27-55)36-34-48(50)42-72(59)86-78(61)77/h1-47H. The molecule has 0 aliphatic carbocycles. The molecule has 16 aromatic rings. The van der Waals surface area contributed by atoms with Gasteiger partial charge in [0.25, 0.3) is 0 Å². The Bertz CT molecular complexity index is 5690. The molecule has 4 aliphatic rings. The second-order valence-electron chi connectivity index (χ2n) is 23.8. The van der Waals surface area contributed by atoms with Gasteiger partial charge in [-0.25, -0.2) is 0 Å². The van der Waals surface area contributed by atoms with Gasteiger partial charge in [0, 0.05) is 9.79 Å². The van der Waals surface area contributed by atoms with Crippen LogP contribution in [0, 0.1) is 0 Å². The van der Waals surface area contributed by atoms with Crippen LogP contribution in [0.4, 0.5) is 51.2 Å². The van der Waals surface area contributed by atoms with Gasteiger partial charge < -0.3 is 0 Å². The Kier molecular flexibility index (Phi) is 11.2. The molecule has 10 heteroatoms. The normalized spacial score (nSPS) is 13.5. The van der Waals surface area contributed by atoms with Gasteiger partial charge in [-0.15, -0.1) is 0 Å². The number of benzene rings is 14. The molecule has 4 aliphatic heterocycles. The average Bonchev–Trinajstić information content (AvgIpc) is 1.15. The predicted molar refractivity (Wildman–Crippen MR) is 382 cm³/mol. The first-order valence-corrected chi connectivity index (χ1v) is 33.9. The summed E-state index contributed by atoms with van der Waals surface area (Å²) in [4.78, 5) is 12.5. The molecule has 6 heterocycles. The van der Waals surface area contributed by atoms with Crippen molar-refractivity contribution in [3.8, 4) is 0 Å². The number of para-hydroxylation sites is 4. The molecule has 0 amide bonds. The summed E-state index contributed by atoms with van der Waals surface area (Å²) >= 11 is 3.53. The van der Waals surface area contributed by atoms with Crippen molar-refractivity contribution in [3.63, 3.8) is 0 Å². The van der Waals surface area contributed by atoms with Gasteiger partial charge in [-0.05, 0) is 47.2 Å². The molecule has 0 atom stereocenters. The molecule has 418 valence electrons. The Hall–Kier alpha value is -10.1. The van der Waals surface area contributed by atoms with Crippen LogP contribution in [-0.4, -0.2) is 28.4 Å². The van der Waals surface area contributed by atoms with E-state index in [1.54, 1.807) is 23.5 Å². The first-order valence-electron chi connectivity index (χ1n) is 30.6. The molecule has 0 N–H and O–H groups in total. The Morgan fingerprint density at radius 3 is 1.34 bits per heavy atom. The van der Waals surface area contributed by atoms with Crippen molar-refractivity contribution in [2.75, 3.05) is 14.7 Å². The topological polar surface area (TPSA) is 36.0 Å². The molecule has 20 rings (SSSR count). The maximum atomic E-state index is 7.47. The third-order valence-electron chi connectivity index (χ3n) is 18.8. The van der Waals surface area contributed by atoms with E-state index in [0.29, 0.717) is 0 Å². The van der Waals surface area contributed by atoms with Crippen LogP contribution in [0.2, 0.25) is 0 Å². The van der Waals surface area contributed by atoms with E-state index in [0.717, 1.165) is 94.8 Å². The number of hydrogen-bond acceptors (Lipinski definition) is 7. The first kappa shape index (κ1) is 50.9. The molecule has 0 spiro atoms. The van der Waals surface area contributed by atoms with Gasteiger partial charge in [0.2, 0.25) is 0 Å². The predicted octanol–water partition coefficient (Wildman–Crippen LogP) is 16.4. The zero-order valence-corrected chi connectivity index (χ0v) is 51.5. The van der Waals surface area contributed by atoms with Crippen LogP contribution in [0.5, 0.6) is 0 Å². The van der Waals surface area contributed by atoms with Crippen LogP contribution in [0.15, 0.2) is 314 Å². The SMILES string of the molecule is c1ccc(Sc2ccc3cc4oc5c6c7c(cc5c4cc3c2)N(c2ccccc2)c2cc3c(cc2B7c2ccccc2[Se]6)B2c4ccccc4N(c4ccccc4)c4c2c(cc2c4oc4cc5ccc(Sc6ccccc6)cc5cc42)N3c2ccccc2)cc1. The van der Waals surface area contributed by atoms with Crippen LogP contribution >= 0.6 is 23.5 Å². The number of furan rings is 2. The van der Waals surface area contributed by atoms with E-state index in [9.17, 15) is 0 Å². The van der Waals surface area contributed by atoms with Crippen molar-refractivity contribution in [1.82, 2.24) is 0 Å². The van der Waals surface area contributed by atoms with Crippen molar-refractivity contribution in [1.29, 1.82) is 0 Å². The summed E-state index contributed by atoms with van der Waals surface area (Å²) in [6, 6.07) is 106. The Morgan fingerprint density at radius 2 is 0.767 bits per heavy atom. The zero-order chi connectivity index (χ0) is 58.7. The second-order valence-corrected chi connectivity index (χ2v) is 28.3. The molecule has 0 unspecified atom stereocenters. The van der Waals surface area contributed by atoms with Crippen molar-refractivity contribution in [2.24, 2.45) is 0 Å². The van der Waals surface area contributed by atoms with Gasteiger partial charge in [0.05, 0.1) is 0 Å². The third-order valence-corrected chi connectivity index (χ3v) is 23.4. The monoisotopic (exact) mass is 1250 g/mol. The van der Waals surface area contributed by atoms with Crippen LogP contribution in [0.1, 0.15) is 0 Å². The van der Waals surface area contributed by atoms with Crippen molar-refractivity contribution < 1.29 is 8.83 Å². The summed E-state index contributed by atoms with van der Waals surface area (Å²) < 4.78 is 17.5. The third kappa shape index (κ3) is 7.63. The molecule has 0 radical (unpaired) electrons. The molecular formula is C80H47B2N3O2S2Se. The Balaban J connectivity index is 0.866. The van der Waals surface area contributed by atoms with Crippen LogP contribution < -0.4 is 56.4 Å². The average molecular weight is 1250 g/mol. The minimum atomic E-state index is -0.173. The van der Waals surface area contributed by atoms with Crippen LogP contribution in [-0.2, 0) is 0 Å². The number of hydrogen-bond donors (Lipinski definition) is 0. The van der Waals surface area contributed by atoms with E-state index in [1.807, 2.05) is 0 Å². The van der Waals surface area contributed by atoms with Gasteiger partial charge >= 0.3 is 421 Å². The molecule has 90 heavy (non-hydrogen) atoms. The molecule has 0 fully saturated rings. The summed E-state index contributed by atoms with van der Waals surface area (Å²) in [5, 5.41) is 9.13. The zero-order valence-electron chi connectivity index (χ0n) is 48.2. The van der Waals surface area contributed by atoms with Crippen molar-refractivity contribution in [3.05, 3.63) is 285 Å². The van der Waals surface area contributed by atoms with Crippen LogP contribution in [0.3, 0.4) is 0 Å². The molecule has 14 aromatic carbocycles. The van der Waals surface area contributed by atoms with E-state index in [-0.39, 0.29) is 28.4 Å². The summed E-state index contributed by atoms with van der Waals surface area (Å²) in [5.74, 6) is 0. The van der Waals surface area contributed by atoms with Crippen molar-refractivity contribution in [2.45, 2.75) is 19.6 Å². The van der Waals surface area contributed by atoms with E-state index in [1.165, 1.54) is 83.1 Å². The van der Waals surface area contributed by atoms with Gasteiger partial charge in [-0.3, -0.25) is 0 Å². The summed E-state index contributed by atoms with van der Waals surface area (Å²) in [6.45, 7) is -0.256. The Morgan fingerprint density at radius 1 is 0.300 bits per heavy atom. The summed E-state index contributed by atoms with van der Waals surface area (Å²) in [7, 11) is 0. The fraction of sp³-hybridized carbons (Fsp3) is 0. The van der Waals surface area contributed by atoms with Gasteiger partial charge in [0.15, 0.2) is 0 Å². The summed E-state index contributed by atoms with van der Waals surface area (Å²) in [6.07, 6.45) is 0. The number of nitrogens with zero attached hydrogens (tertiary/aromatic N) is 3. The number of fused-ring (bicyclic) bond motifs is 18. The quantitative estimate of drug-likeness (QED) is 0.147. The maximum absolute atomic E-state index is 7.47. The van der Waals surface area contributed by atoms with E-state index in [2.05, 4.69) is 300 Å². The van der Waals surface area contributed by atoms with Crippen LogP contribution in [0.25, 0.3) is 65.4 Å². The van der Waals surface area contributed by atoms with E-state index in [4.69, 9.17) is 8.83 Å². The summed E-state index contributed by atoms with van der Waals surface area (Å²) in [5.41, 5.74) is 21.5. The molecule has 0 bridgehead atoms. The second kappa shape index (κ2) is 19.7. The molecule has 2 aromatic heterocycles. The molecule has 5 nitrogen and oxygen atoms in total. The van der Waals surface area contributed by atoms with E-state index < -0.39 is 0 Å². The van der Waals surface area contributed by atoms with Gasteiger partial charge in [-0.2, -0.15) is 0 Å². The fourth-order valence-corrected chi connectivity index (χ4v) is 19.5. The minimum absolute atomic E-state index is 0.0636. The van der Waals surface area contributed by atoms with Crippen molar-refractivity contribution >= 4 is 210 Å². The van der Waals surface area contributed by atoms with Gasteiger partial charge in [0.1, 0.15) is 0 Å². The van der Waals surface area contributed by atoms with Gasteiger partial charge in [-0.1, -0.05) is 60.3 Å². The Labute approximate surface area is 534 Å².